The van der Waals surface area contributed by atoms with Crippen LogP contribution < -0.4 is 14.8 Å². The van der Waals surface area contributed by atoms with E-state index in [4.69, 9.17) is 9.47 Å². The highest BCUT2D eigenvalue weighted by atomic mass is 32.2. The van der Waals surface area contributed by atoms with Crippen LogP contribution in [-0.4, -0.2) is 51.2 Å². The second-order valence-electron chi connectivity index (χ2n) is 8.46. The number of rotatable bonds is 11. The van der Waals surface area contributed by atoms with Crippen molar-refractivity contribution in [2.24, 2.45) is 0 Å². The van der Waals surface area contributed by atoms with Crippen molar-refractivity contribution in [1.82, 2.24) is 4.90 Å². The first kappa shape index (κ1) is 30.1. The summed E-state index contributed by atoms with van der Waals surface area (Å²) in [5.74, 6) is -1.15. The predicted molar refractivity (Wildman–Crippen MR) is 157 cm³/mol. The van der Waals surface area contributed by atoms with Crippen molar-refractivity contribution in [3.05, 3.63) is 91.4 Å². The van der Waals surface area contributed by atoms with Crippen LogP contribution in [-0.2, 0) is 9.59 Å². The van der Waals surface area contributed by atoms with Crippen LogP contribution in [0.2, 0.25) is 0 Å². The van der Waals surface area contributed by atoms with Crippen molar-refractivity contribution in [2.75, 3.05) is 24.7 Å². The summed E-state index contributed by atoms with van der Waals surface area (Å²) >= 11 is 2.19. The quantitative estimate of drug-likeness (QED) is 0.115. The monoisotopic (exact) mass is 610 g/mol. The van der Waals surface area contributed by atoms with Gasteiger partial charge in [-0.2, -0.15) is 0 Å². The van der Waals surface area contributed by atoms with Gasteiger partial charge in [0.05, 0.1) is 27.4 Å². The number of amides is 3. The van der Waals surface area contributed by atoms with Gasteiger partial charge < -0.3 is 14.8 Å². The van der Waals surface area contributed by atoms with Gasteiger partial charge in [0.1, 0.15) is 6.54 Å². The van der Waals surface area contributed by atoms with Gasteiger partial charge in [0, 0.05) is 16.6 Å². The van der Waals surface area contributed by atoms with Crippen molar-refractivity contribution in [3.63, 3.8) is 0 Å². The molecule has 1 heterocycles. The molecule has 216 valence electrons. The highest BCUT2D eigenvalue weighted by Crippen LogP contribution is 2.39. The molecule has 1 fully saturated rings. The van der Waals surface area contributed by atoms with Crippen LogP contribution in [0.1, 0.15) is 12.5 Å². The van der Waals surface area contributed by atoms with E-state index in [1.807, 2.05) is 12.3 Å². The molecule has 0 aromatic heterocycles. The second-order valence-corrected chi connectivity index (χ2v) is 10.3. The summed E-state index contributed by atoms with van der Waals surface area (Å²) in [6.07, 6.45) is 3.35. The lowest BCUT2D eigenvalue weighted by atomic mass is 10.1. The third kappa shape index (κ3) is 7.05. The van der Waals surface area contributed by atoms with E-state index in [1.165, 1.54) is 36.0 Å². The van der Waals surface area contributed by atoms with Crippen LogP contribution in [0, 0.1) is 20.2 Å². The maximum Gasteiger partial charge on any atom is 0.318 e. The molecule has 3 aromatic rings. The Morgan fingerprint density at radius 3 is 2.48 bits per heavy atom. The van der Waals surface area contributed by atoms with E-state index in [0.29, 0.717) is 23.0 Å². The van der Waals surface area contributed by atoms with Crippen LogP contribution in [0.15, 0.2) is 70.5 Å². The van der Waals surface area contributed by atoms with Crippen molar-refractivity contribution >= 4 is 63.7 Å². The van der Waals surface area contributed by atoms with Gasteiger partial charge in [-0.15, -0.1) is 11.8 Å². The molecule has 0 radical (unpaired) electrons. The molecule has 1 aliphatic heterocycles. The largest absolute Gasteiger partial charge is 0.490 e. The summed E-state index contributed by atoms with van der Waals surface area (Å²) in [6.45, 7) is 1.45. The minimum Gasteiger partial charge on any atom is -0.490 e. The molecule has 0 saturated carbocycles. The molecule has 0 unspecified atom stereocenters. The zero-order chi connectivity index (χ0) is 30.4. The van der Waals surface area contributed by atoms with Crippen molar-refractivity contribution in [2.45, 2.75) is 11.8 Å². The Balaban J connectivity index is 1.52. The first-order chi connectivity index (χ1) is 20.1. The van der Waals surface area contributed by atoms with Gasteiger partial charge in [0.15, 0.2) is 11.5 Å². The third-order valence-electron chi connectivity index (χ3n) is 5.66. The summed E-state index contributed by atoms with van der Waals surface area (Å²) in [5.41, 5.74) is -0.0805. The lowest BCUT2D eigenvalue weighted by Crippen LogP contribution is -2.36. The normalized spacial score (nSPS) is 13.8. The Kier molecular flexibility index (Phi) is 9.44. The minimum atomic E-state index is -0.797. The van der Waals surface area contributed by atoms with Crippen LogP contribution in [0.3, 0.4) is 0 Å². The van der Waals surface area contributed by atoms with Crippen LogP contribution in [0.5, 0.6) is 17.2 Å². The van der Waals surface area contributed by atoms with E-state index in [1.54, 1.807) is 25.1 Å². The number of nitro benzene ring substituents is 2. The number of nitro groups is 2. The number of nitrogens with one attached hydrogen (secondary N) is 1. The summed E-state index contributed by atoms with van der Waals surface area (Å²) < 4.78 is 11.3. The van der Waals surface area contributed by atoms with E-state index in [2.05, 4.69) is 5.32 Å². The van der Waals surface area contributed by atoms with Gasteiger partial charge in [-0.1, -0.05) is 12.1 Å². The molecule has 0 spiro atoms. The number of hydrogen-bond donors (Lipinski definition) is 1. The minimum absolute atomic E-state index is 0.0827. The standard InChI is InChI=1S/C27H22N4O9S2/c1-3-39-23-11-16(7-9-22(23)40-21-10-8-18(30(35)36)14-20(21)31(37)38)12-24-26(33)29(27(34)42-24)15-25(32)28-17-5-4-6-19(13-17)41-2/h4-14H,3,15H2,1-2H3,(H,28,32)/b24-12+. The van der Waals surface area contributed by atoms with Crippen molar-refractivity contribution in [1.29, 1.82) is 0 Å². The lowest BCUT2D eigenvalue weighted by Gasteiger charge is -2.13. The number of imide groups is 1. The number of anilines is 1. The van der Waals surface area contributed by atoms with Gasteiger partial charge in [-0.3, -0.25) is 39.5 Å². The molecular formula is C27H22N4O9S2. The van der Waals surface area contributed by atoms with Crippen LogP contribution >= 0.6 is 23.5 Å². The smallest absolute Gasteiger partial charge is 0.318 e. The molecular weight excluding hydrogens is 588 g/mol. The molecule has 3 amide bonds. The Hall–Kier alpha value is -4.89. The SMILES string of the molecule is CCOc1cc(/C=C2/SC(=O)N(CC(=O)Nc3cccc(SC)c3)C2=O)ccc1Oc1ccc([N+](=O)[O-])cc1[N+](=O)[O-]. The molecule has 1 saturated heterocycles. The van der Waals surface area contributed by atoms with E-state index in [0.717, 1.165) is 28.0 Å². The van der Waals surface area contributed by atoms with E-state index < -0.39 is 44.8 Å². The predicted octanol–water partition coefficient (Wildman–Crippen LogP) is 6.09. The Bertz CT molecular complexity index is 1630. The maximum absolute atomic E-state index is 13.0. The molecule has 0 aliphatic carbocycles. The lowest BCUT2D eigenvalue weighted by molar-refractivity contribution is -0.394. The number of hydrogen-bond acceptors (Lipinski definition) is 11. The molecule has 15 heteroatoms. The van der Waals surface area contributed by atoms with E-state index in [9.17, 15) is 34.6 Å². The molecule has 4 rings (SSSR count). The zero-order valence-corrected chi connectivity index (χ0v) is 23.7. The highest BCUT2D eigenvalue weighted by molar-refractivity contribution is 8.18. The number of thioether (sulfide) groups is 2. The molecule has 0 atom stereocenters. The number of carbonyl (C=O) groups is 3. The Morgan fingerprint density at radius 1 is 1.02 bits per heavy atom. The van der Waals surface area contributed by atoms with Gasteiger partial charge in [-0.25, -0.2) is 0 Å². The first-order valence-electron chi connectivity index (χ1n) is 12.2. The van der Waals surface area contributed by atoms with Crippen molar-refractivity contribution in [3.8, 4) is 17.2 Å². The average molecular weight is 611 g/mol. The van der Waals surface area contributed by atoms with E-state index in [-0.39, 0.29) is 28.8 Å². The summed E-state index contributed by atoms with van der Waals surface area (Å²) in [4.78, 5) is 60.9. The average Bonchev–Trinajstić information content (AvgIpc) is 3.21. The molecule has 1 aliphatic rings. The topological polar surface area (TPSA) is 171 Å². The molecule has 42 heavy (non-hydrogen) atoms. The zero-order valence-electron chi connectivity index (χ0n) is 22.1. The second kappa shape index (κ2) is 13.2. The fourth-order valence-corrected chi connectivity index (χ4v) is 5.06. The van der Waals surface area contributed by atoms with Gasteiger partial charge in [0.25, 0.3) is 16.8 Å². The van der Waals surface area contributed by atoms with Crippen LogP contribution in [0.4, 0.5) is 21.9 Å². The summed E-state index contributed by atoms with van der Waals surface area (Å²) in [6, 6.07) is 14.6. The summed E-state index contributed by atoms with van der Waals surface area (Å²) in [5, 5.41) is 24.6. The number of ether oxygens (including phenoxy) is 2. The number of nitrogens with zero attached hydrogens (tertiary/aromatic N) is 3. The summed E-state index contributed by atoms with van der Waals surface area (Å²) in [7, 11) is 0. The number of carbonyl (C=O) groups excluding carboxylic acids is 3. The number of benzene rings is 3. The van der Waals surface area contributed by atoms with Crippen LogP contribution in [0.25, 0.3) is 6.08 Å². The Morgan fingerprint density at radius 2 is 1.79 bits per heavy atom. The van der Waals surface area contributed by atoms with Gasteiger partial charge >= 0.3 is 5.69 Å². The molecule has 3 aromatic carbocycles. The molecule has 1 N–H and O–H groups in total. The van der Waals surface area contributed by atoms with Gasteiger partial charge in [-0.05, 0) is 73.0 Å². The number of non-ortho nitro benzene ring substituents is 1. The highest BCUT2D eigenvalue weighted by Gasteiger charge is 2.36. The fraction of sp³-hybridized carbons (Fsp3) is 0.148. The first-order valence-corrected chi connectivity index (χ1v) is 14.2. The third-order valence-corrected chi connectivity index (χ3v) is 7.30. The van der Waals surface area contributed by atoms with E-state index >= 15 is 0 Å². The maximum atomic E-state index is 13.0. The molecule has 0 bridgehead atoms. The van der Waals surface area contributed by atoms with Gasteiger partial charge in [0.2, 0.25) is 11.7 Å². The Labute approximate surface area is 247 Å². The van der Waals surface area contributed by atoms with Crippen molar-refractivity contribution < 1.29 is 33.7 Å². The molecule has 13 nitrogen and oxygen atoms in total. The fourth-order valence-electron chi connectivity index (χ4n) is 3.77.